The highest BCUT2D eigenvalue weighted by atomic mass is 16.5. The number of amides is 2. The van der Waals surface area contributed by atoms with Gasteiger partial charge in [0.05, 0.1) is 12.6 Å². The van der Waals surface area contributed by atoms with E-state index in [-0.39, 0.29) is 23.8 Å². The van der Waals surface area contributed by atoms with E-state index in [1.54, 1.807) is 0 Å². The first-order chi connectivity index (χ1) is 19.4. The van der Waals surface area contributed by atoms with Gasteiger partial charge in [0.25, 0.3) is 5.91 Å². The second-order valence-corrected chi connectivity index (χ2v) is 12.4. The smallest absolute Gasteiger partial charge is 0.254 e. The van der Waals surface area contributed by atoms with Gasteiger partial charge in [0.1, 0.15) is 5.75 Å². The number of hydrogen-bond acceptors (Lipinski definition) is 4. The summed E-state index contributed by atoms with van der Waals surface area (Å²) in [6.45, 7) is 11.6. The first-order valence-corrected chi connectivity index (χ1v) is 15.5. The molecule has 216 valence electrons. The van der Waals surface area contributed by atoms with Gasteiger partial charge in [-0.2, -0.15) is 0 Å². The van der Waals surface area contributed by atoms with Crippen molar-refractivity contribution in [3.63, 3.8) is 0 Å². The van der Waals surface area contributed by atoms with E-state index in [0.717, 1.165) is 87.3 Å². The predicted molar refractivity (Wildman–Crippen MR) is 160 cm³/mol. The second kappa shape index (κ2) is 13.2. The lowest BCUT2D eigenvalue weighted by Crippen LogP contribution is -2.37. The maximum Gasteiger partial charge on any atom is 0.254 e. The molecule has 3 atom stereocenters. The van der Waals surface area contributed by atoms with E-state index in [1.807, 2.05) is 32.0 Å². The molecule has 3 aliphatic rings. The summed E-state index contributed by atoms with van der Waals surface area (Å²) in [7, 11) is 0. The van der Waals surface area contributed by atoms with Crippen molar-refractivity contribution in [2.45, 2.75) is 71.8 Å². The molecular weight excluding hydrogens is 498 g/mol. The van der Waals surface area contributed by atoms with Crippen LogP contribution in [-0.4, -0.2) is 60.9 Å². The maximum atomic E-state index is 13.6. The third-order valence-corrected chi connectivity index (χ3v) is 9.31. The van der Waals surface area contributed by atoms with E-state index < -0.39 is 0 Å². The van der Waals surface area contributed by atoms with Crippen molar-refractivity contribution in [3.8, 4) is 5.75 Å². The number of ether oxygens (including phenoxy) is 1. The lowest BCUT2D eigenvalue weighted by Gasteiger charge is -2.26. The van der Waals surface area contributed by atoms with Crippen LogP contribution in [0.4, 0.5) is 0 Å². The standard InChI is InChI=1S/C34H47N3O3/c1-4-5-17-40-30-18-24(2)32(25(3)19-30)34(39)37-22-28-20-36(21-29(28)23-37)16-15-31(26-11-7-6-8-12-26)35-33(38)27-13-9-10-14-27/h6-8,11-12,18-19,27-29,31H,4-5,9-10,13-17,20-23H2,1-3H3,(H,35,38)/t28-,29?,31?/m0/s1. The summed E-state index contributed by atoms with van der Waals surface area (Å²) in [4.78, 5) is 31.2. The van der Waals surface area contributed by atoms with E-state index >= 15 is 0 Å². The summed E-state index contributed by atoms with van der Waals surface area (Å²) < 4.78 is 5.90. The second-order valence-electron chi connectivity index (χ2n) is 12.4. The first kappa shape index (κ1) is 28.7. The first-order valence-electron chi connectivity index (χ1n) is 15.5. The molecule has 1 N–H and O–H groups in total. The zero-order valence-electron chi connectivity index (χ0n) is 24.7. The Balaban J connectivity index is 1.15. The predicted octanol–water partition coefficient (Wildman–Crippen LogP) is 5.92. The van der Waals surface area contributed by atoms with E-state index in [9.17, 15) is 9.59 Å². The van der Waals surface area contributed by atoms with Crippen molar-refractivity contribution in [2.75, 3.05) is 39.3 Å². The van der Waals surface area contributed by atoms with Crippen LogP contribution in [0.1, 0.15) is 85.0 Å². The van der Waals surface area contributed by atoms with Gasteiger partial charge < -0.3 is 19.9 Å². The number of hydrogen-bond donors (Lipinski definition) is 1. The Morgan fingerprint density at radius 2 is 1.62 bits per heavy atom. The third-order valence-electron chi connectivity index (χ3n) is 9.31. The summed E-state index contributed by atoms with van der Waals surface area (Å²) in [5.74, 6) is 2.47. The lowest BCUT2D eigenvalue weighted by atomic mass is 10.0. The van der Waals surface area contributed by atoms with Crippen LogP contribution in [0.15, 0.2) is 42.5 Å². The Morgan fingerprint density at radius 1 is 0.975 bits per heavy atom. The van der Waals surface area contributed by atoms with Crippen molar-refractivity contribution in [1.82, 2.24) is 15.1 Å². The van der Waals surface area contributed by atoms with Crippen LogP contribution in [-0.2, 0) is 4.79 Å². The van der Waals surface area contributed by atoms with Crippen LogP contribution in [0.25, 0.3) is 0 Å². The van der Waals surface area contributed by atoms with Gasteiger partial charge in [-0.3, -0.25) is 9.59 Å². The summed E-state index contributed by atoms with van der Waals surface area (Å²) >= 11 is 0. The summed E-state index contributed by atoms with van der Waals surface area (Å²) in [6.07, 6.45) is 7.43. The molecule has 0 aromatic heterocycles. The number of fused-ring (bicyclic) bond motifs is 1. The van der Waals surface area contributed by atoms with Crippen molar-refractivity contribution in [3.05, 3.63) is 64.7 Å². The fourth-order valence-electron chi connectivity index (χ4n) is 7.07. The lowest BCUT2D eigenvalue weighted by molar-refractivity contribution is -0.125. The average Bonchev–Trinajstić information content (AvgIpc) is 3.69. The monoisotopic (exact) mass is 545 g/mol. The quantitative estimate of drug-likeness (QED) is 0.356. The van der Waals surface area contributed by atoms with Gasteiger partial charge in [-0.1, -0.05) is 56.5 Å². The molecule has 2 saturated heterocycles. The van der Waals surface area contributed by atoms with Crippen LogP contribution in [0.5, 0.6) is 5.75 Å². The Bertz CT molecular complexity index is 1120. The Kier molecular flexibility index (Phi) is 9.46. The molecule has 0 radical (unpaired) electrons. The molecule has 2 aliphatic heterocycles. The van der Waals surface area contributed by atoms with Crippen molar-refractivity contribution >= 4 is 11.8 Å². The molecule has 5 rings (SSSR count). The fourth-order valence-corrected chi connectivity index (χ4v) is 7.07. The number of unbranched alkanes of at least 4 members (excludes halogenated alkanes) is 1. The molecule has 2 unspecified atom stereocenters. The number of carbonyl (C=O) groups is 2. The largest absolute Gasteiger partial charge is 0.494 e. The minimum atomic E-state index is 0.0488. The average molecular weight is 546 g/mol. The van der Waals surface area contributed by atoms with Crippen LogP contribution in [0.3, 0.4) is 0 Å². The van der Waals surface area contributed by atoms with Crippen molar-refractivity contribution in [1.29, 1.82) is 0 Å². The van der Waals surface area contributed by atoms with Gasteiger partial charge in [-0.05, 0) is 80.2 Å². The number of benzene rings is 2. The molecule has 1 aliphatic carbocycles. The number of nitrogens with zero attached hydrogens (tertiary/aromatic N) is 2. The highest BCUT2D eigenvalue weighted by molar-refractivity contribution is 5.97. The molecule has 2 heterocycles. The molecule has 0 spiro atoms. The molecule has 0 bridgehead atoms. The van der Waals surface area contributed by atoms with Gasteiger partial charge in [0, 0.05) is 44.2 Å². The molecule has 6 heteroatoms. The molecular formula is C34H47N3O3. The molecule has 2 aromatic rings. The number of rotatable bonds is 11. The summed E-state index contributed by atoms with van der Waals surface area (Å²) in [5, 5.41) is 3.39. The minimum absolute atomic E-state index is 0.0488. The molecule has 40 heavy (non-hydrogen) atoms. The Labute approximate surface area is 240 Å². The zero-order chi connectivity index (χ0) is 28.1. The van der Waals surface area contributed by atoms with Gasteiger partial charge in [-0.15, -0.1) is 0 Å². The Hall–Kier alpha value is -2.86. The van der Waals surface area contributed by atoms with Gasteiger partial charge in [0.15, 0.2) is 0 Å². The van der Waals surface area contributed by atoms with Crippen molar-refractivity contribution < 1.29 is 14.3 Å². The van der Waals surface area contributed by atoms with Crippen LogP contribution < -0.4 is 10.1 Å². The highest BCUT2D eigenvalue weighted by Crippen LogP contribution is 2.34. The third kappa shape index (κ3) is 6.71. The van der Waals surface area contributed by atoms with E-state index in [1.165, 1.54) is 18.4 Å². The number of likely N-dealkylation sites (tertiary alicyclic amines) is 2. The van der Waals surface area contributed by atoms with Crippen LogP contribution in [0, 0.1) is 31.6 Å². The highest BCUT2D eigenvalue weighted by Gasteiger charge is 2.42. The SMILES string of the molecule is CCCCOc1cc(C)c(C(=O)N2CC3CN(CCC(NC(=O)C4CCCC4)c4ccccc4)C[C@H]3C2)c(C)c1. The summed E-state index contributed by atoms with van der Waals surface area (Å²) in [5.41, 5.74) is 4.03. The molecule has 2 amide bonds. The zero-order valence-corrected chi connectivity index (χ0v) is 24.7. The number of nitrogens with one attached hydrogen (secondary N) is 1. The summed E-state index contributed by atoms with van der Waals surface area (Å²) in [6, 6.07) is 14.5. The molecule has 2 aromatic carbocycles. The normalized spacial score (nSPS) is 21.9. The Morgan fingerprint density at radius 3 is 2.25 bits per heavy atom. The van der Waals surface area contributed by atoms with Gasteiger partial charge in [0.2, 0.25) is 5.91 Å². The molecule has 3 fully saturated rings. The maximum absolute atomic E-state index is 13.6. The topological polar surface area (TPSA) is 61.9 Å². The van der Waals surface area contributed by atoms with E-state index in [4.69, 9.17) is 4.74 Å². The van der Waals surface area contributed by atoms with Gasteiger partial charge >= 0.3 is 0 Å². The fraction of sp³-hybridized carbons (Fsp3) is 0.588. The van der Waals surface area contributed by atoms with Gasteiger partial charge in [-0.25, -0.2) is 0 Å². The van der Waals surface area contributed by atoms with E-state index in [0.29, 0.717) is 18.4 Å². The minimum Gasteiger partial charge on any atom is -0.494 e. The number of carbonyl (C=O) groups excluding carboxylic acids is 2. The van der Waals surface area contributed by atoms with Crippen LogP contribution in [0.2, 0.25) is 0 Å². The molecule has 1 saturated carbocycles. The molecule has 6 nitrogen and oxygen atoms in total. The van der Waals surface area contributed by atoms with Crippen LogP contribution >= 0.6 is 0 Å². The van der Waals surface area contributed by atoms with E-state index in [2.05, 4.69) is 46.3 Å². The number of aryl methyl sites for hydroxylation is 2. The van der Waals surface area contributed by atoms with Crippen molar-refractivity contribution in [2.24, 2.45) is 17.8 Å².